The Hall–Kier alpha value is -3.37. The Balaban J connectivity index is 1.40. The van der Waals surface area contributed by atoms with Gasteiger partial charge in [-0.3, -0.25) is 19.4 Å². The highest BCUT2D eigenvalue weighted by atomic mass is 32.1. The van der Waals surface area contributed by atoms with Crippen molar-refractivity contribution in [2.45, 2.75) is 19.6 Å². The number of hydrogen-bond acceptors (Lipinski definition) is 7. The van der Waals surface area contributed by atoms with Gasteiger partial charge >= 0.3 is 0 Å². The molecule has 0 bridgehead atoms. The maximum atomic E-state index is 12.6. The van der Waals surface area contributed by atoms with Gasteiger partial charge in [0.2, 0.25) is 5.91 Å². The second-order valence-corrected chi connectivity index (χ2v) is 7.61. The number of carbonyl (C=O) groups is 1. The highest BCUT2D eigenvalue weighted by molar-refractivity contribution is 7.71. The number of aromatic amines is 1. The lowest BCUT2D eigenvalue weighted by Gasteiger charge is -2.12. The lowest BCUT2D eigenvalue weighted by atomic mass is 10.3. The quantitative estimate of drug-likeness (QED) is 0.403. The molecule has 152 valence electrons. The van der Waals surface area contributed by atoms with Crippen LogP contribution in [0.1, 0.15) is 12.0 Å². The topological polar surface area (TPSA) is 97.7 Å². The minimum absolute atomic E-state index is 0.192. The summed E-state index contributed by atoms with van der Waals surface area (Å²) < 4.78 is 8.12. The molecule has 0 aromatic carbocycles. The number of rotatable bonds is 8. The van der Waals surface area contributed by atoms with Crippen LogP contribution in [0.3, 0.4) is 0 Å². The molecule has 4 rings (SSSR count). The summed E-state index contributed by atoms with van der Waals surface area (Å²) in [5.41, 5.74) is 0.974. The Labute approximate surface area is 181 Å². The Morgan fingerprint density at radius 1 is 1.20 bits per heavy atom. The number of H-pyrrole nitrogens is 1. The zero-order valence-corrected chi connectivity index (χ0v) is 17.4. The maximum Gasteiger partial charge on any atom is 0.227 e. The molecule has 2 N–H and O–H groups in total. The van der Waals surface area contributed by atoms with Crippen LogP contribution < -0.4 is 10.1 Å². The van der Waals surface area contributed by atoms with Gasteiger partial charge in [-0.1, -0.05) is 6.07 Å². The number of carbonyl (C=O) groups excluding carboxylic acids is 1. The summed E-state index contributed by atoms with van der Waals surface area (Å²) >= 11 is 6.88. The van der Waals surface area contributed by atoms with Gasteiger partial charge in [-0.15, -0.1) is 11.3 Å². The Morgan fingerprint density at radius 2 is 2.07 bits per heavy atom. The maximum absolute atomic E-state index is 12.6. The zero-order chi connectivity index (χ0) is 20.8. The van der Waals surface area contributed by atoms with Crippen molar-refractivity contribution in [1.82, 2.24) is 24.7 Å². The van der Waals surface area contributed by atoms with Crippen LogP contribution in [0.2, 0.25) is 0 Å². The summed E-state index contributed by atoms with van der Waals surface area (Å²) in [7, 11) is 0. The van der Waals surface area contributed by atoms with E-state index in [9.17, 15) is 4.79 Å². The molecule has 8 nitrogen and oxygen atoms in total. The van der Waals surface area contributed by atoms with Gasteiger partial charge in [0.1, 0.15) is 6.61 Å². The van der Waals surface area contributed by atoms with Crippen molar-refractivity contribution in [2.24, 2.45) is 0 Å². The number of amides is 1. The van der Waals surface area contributed by atoms with Crippen LogP contribution in [0, 0.1) is 4.77 Å². The smallest absolute Gasteiger partial charge is 0.227 e. The molecular formula is C20H18N6O2S2. The summed E-state index contributed by atoms with van der Waals surface area (Å²) in [4.78, 5) is 21.8. The summed E-state index contributed by atoms with van der Waals surface area (Å²) in [5, 5.41) is 11.9. The molecule has 4 aromatic rings. The van der Waals surface area contributed by atoms with E-state index in [-0.39, 0.29) is 12.3 Å². The van der Waals surface area contributed by atoms with Crippen molar-refractivity contribution in [2.75, 3.05) is 5.32 Å². The van der Waals surface area contributed by atoms with Gasteiger partial charge in [0.15, 0.2) is 22.2 Å². The minimum Gasteiger partial charge on any atom is -0.485 e. The second-order valence-electron chi connectivity index (χ2n) is 6.27. The first-order chi connectivity index (χ1) is 14.7. The molecule has 0 fully saturated rings. The highest BCUT2D eigenvalue weighted by Crippen LogP contribution is 2.24. The van der Waals surface area contributed by atoms with Gasteiger partial charge in [0, 0.05) is 31.6 Å². The van der Waals surface area contributed by atoms with E-state index in [4.69, 9.17) is 17.0 Å². The van der Waals surface area contributed by atoms with Crippen LogP contribution in [0.15, 0.2) is 60.4 Å². The van der Waals surface area contributed by atoms with Gasteiger partial charge in [0.25, 0.3) is 0 Å². The molecular weight excluding hydrogens is 420 g/mol. The molecule has 0 saturated heterocycles. The van der Waals surface area contributed by atoms with Crippen LogP contribution in [0.5, 0.6) is 5.75 Å². The summed E-state index contributed by atoms with van der Waals surface area (Å²) in [6.07, 6.45) is 5.23. The van der Waals surface area contributed by atoms with E-state index in [2.05, 4.69) is 25.5 Å². The monoisotopic (exact) mass is 438 g/mol. The van der Waals surface area contributed by atoms with Crippen LogP contribution >= 0.6 is 23.6 Å². The normalized spacial score (nSPS) is 10.7. The molecule has 1 amide bonds. The van der Waals surface area contributed by atoms with Crippen LogP contribution in [-0.2, 0) is 17.9 Å². The average Bonchev–Trinajstić information content (AvgIpc) is 3.42. The molecule has 10 heteroatoms. The Kier molecular flexibility index (Phi) is 6.26. The molecule has 0 atom stereocenters. The van der Waals surface area contributed by atoms with Crippen molar-refractivity contribution in [1.29, 1.82) is 0 Å². The van der Waals surface area contributed by atoms with E-state index in [0.717, 1.165) is 16.3 Å². The Morgan fingerprint density at radius 3 is 2.87 bits per heavy atom. The summed E-state index contributed by atoms with van der Waals surface area (Å²) in [5.74, 6) is 1.41. The number of anilines is 1. The number of pyridine rings is 2. The standard InChI is InChI=1S/C20H18N6O2S2/c27-17(7-11-26-19(24-25-20(26)29)16-4-2-12-30-16)23-18-15(3-1-8-22-18)28-13-14-5-9-21-10-6-14/h1-6,8-10,12H,7,11,13H2,(H,25,29)(H,22,23,27). The third-order valence-corrected chi connectivity index (χ3v) is 5.41. The van der Waals surface area contributed by atoms with E-state index in [1.807, 2.05) is 34.2 Å². The summed E-state index contributed by atoms with van der Waals surface area (Å²) in [6.45, 7) is 0.750. The van der Waals surface area contributed by atoms with Gasteiger partial charge in [0.05, 0.1) is 4.88 Å². The third kappa shape index (κ3) is 4.78. The Bertz CT molecular complexity index is 1170. The minimum atomic E-state index is -0.192. The lowest BCUT2D eigenvalue weighted by Crippen LogP contribution is -2.16. The molecule has 0 radical (unpaired) electrons. The molecule has 0 aliphatic rings. The highest BCUT2D eigenvalue weighted by Gasteiger charge is 2.13. The summed E-state index contributed by atoms with van der Waals surface area (Å²) in [6, 6.07) is 11.2. The fourth-order valence-electron chi connectivity index (χ4n) is 2.77. The second kappa shape index (κ2) is 9.42. The number of hydrogen-bond donors (Lipinski definition) is 2. The number of nitrogens with one attached hydrogen (secondary N) is 2. The van der Waals surface area contributed by atoms with Crippen molar-refractivity contribution in [3.8, 4) is 16.5 Å². The SMILES string of the molecule is O=C(CCn1c(-c2cccs2)n[nH]c1=S)Nc1ncccc1OCc1ccncc1. The van der Waals surface area contributed by atoms with Crippen molar-refractivity contribution < 1.29 is 9.53 Å². The van der Waals surface area contributed by atoms with E-state index in [1.165, 1.54) is 0 Å². The first-order valence-corrected chi connectivity index (χ1v) is 10.4. The fourth-order valence-corrected chi connectivity index (χ4v) is 3.71. The first-order valence-electron chi connectivity index (χ1n) is 9.16. The number of ether oxygens (including phenoxy) is 1. The molecule has 30 heavy (non-hydrogen) atoms. The number of thiophene rings is 1. The predicted molar refractivity (Wildman–Crippen MR) is 117 cm³/mol. The zero-order valence-electron chi connectivity index (χ0n) is 15.8. The molecule has 4 heterocycles. The number of nitrogens with zero attached hydrogens (tertiary/aromatic N) is 4. The average molecular weight is 439 g/mol. The first kappa shape index (κ1) is 19.9. The van der Waals surface area contributed by atoms with Gasteiger partial charge in [-0.2, -0.15) is 5.10 Å². The van der Waals surface area contributed by atoms with Crippen molar-refractivity contribution in [3.05, 3.63) is 70.7 Å². The molecule has 0 spiro atoms. The fraction of sp³-hybridized carbons (Fsp3) is 0.150. The van der Waals surface area contributed by atoms with Gasteiger partial charge in [-0.05, 0) is 53.5 Å². The van der Waals surface area contributed by atoms with Crippen LogP contribution in [0.4, 0.5) is 5.82 Å². The van der Waals surface area contributed by atoms with E-state index in [1.54, 1.807) is 42.1 Å². The third-order valence-electron chi connectivity index (χ3n) is 4.23. The molecule has 0 unspecified atom stereocenters. The van der Waals surface area contributed by atoms with Crippen molar-refractivity contribution >= 4 is 35.3 Å². The molecule has 0 aliphatic heterocycles. The predicted octanol–water partition coefficient (Wildman–Crippen LogP) is 4.07. The molecule has 0 aliphatic carbocycles. The molecule has 0 saturated carbocycles. The van der Waals surface area contributed by atoms with Crippen LogP contribution in [0.25, 0.3) is 10.7 Å². The number of aromatic nitrogens is 5. The van der Waals surface area contributed by atoms with Crippen LogP contribution in [-0.4, -0.2) is 30.6 Å². The van der Waals surface area contributed by atoms with E-state index in [0.29, 0.717) is 29.5 Å². The lowest BCUT2D eigenvalue weighted by molar-refractivity contribution is -0.116. The van der Waals surface area contributed by atoms with E-state index >= 15 is 0 Å². The van der Waals surface area contributed by atoms with Gasteiger partial charge in [-0.25, -0.2) is 4.98 Å². The van der Waals surface area contributed by atoms with E-state index < -0.39 is 0 Å². The van der Waals surface area contributed by atoms with Crippen molar-refractivity contribution in [3.63, 3.8) is 0 Å². The molecule has 4 aromatic heterocycles. The largest absolute Gasteiger partial charge is 0.485 e. The van der Waals surface area contributed by atoms with Gasteiger partial charge < -0.3 is 10.1 Å².